The number of aromatic nitrogens is 5. The van der Waals surface area contributed by atoms with Crippen LogP contribution in [-0.4, -0.2) is 74.1 Å². The van der Waals surface area contributed by atoms with Crippen molar-refractivity contribution in [2.45, 2.75) is 4.90 Å². The number of carbonyl (C=O) groups is 1. The second-order valence-corrected chi connectivity index (χ2v) is 10.0. The first-order valence-electron chi connectivity index (χ1n) is 9.60. The molecule has 5 heterocycles. The average molecular weight is 458 g/mol. The molecular formula is C19H19N7O3S2. The van der Waals surface area contributed by atoms with E-state index in [9.17, 15) is 13.2 Å². The van der Waals surface area contributed by atoms with Crippen molar-refractivity contribution in [3.05, 3.63) is 53.9 Å². The first kappa shape index (κ1) is 19.8. The molecule has 0 aromatic carbocycles. The summed E-state index contributed by atoms with van der Waals surface area (Å²) in [6.45, 7) is 1.02. The topological polar surface area (TPSA) is 106 Å². The molecule has 12 heteroatoms. The van der Waals surface area contributed by atoms with Crippen LogP contribution in [-0.2, 0) is 17.1 Å². The Balaban J connectivity index is 1.35. The first-order chi connectivity index (χ1) is 14.9. The van der Waals surface area contributed by atoms with Crippen LogP contribution in [0.3, 0.4) is 0 Å². The zero-order valence-electron chi connectivity index (χ0n) is 16.6. The lowest BCUT2D eigenvalue weighted by molar-refractivity contribution is 0.0699. The highest BCUT2D eigenvalue weighted by atomic mass is 32.2. The fourth-order valence-electron chi connectivity index (χ4n) is 3.64. The van der Waals surface area contributed by atoms with Crippen molar-refractivity contribution in [1.29, 1.82) is 0 Å². The standard InChI is InChI=1S/C19H19N7O3S2/c1-23-13-14(11-21-23)31(28,29)25-8-6-24(7-9-25)19(27)15-12-22-26-16(4-5-20-18(15)26)17-3-2-10-30-17/h2-5,10-13H,6-9H2,1H3. The Kier molecular flexibility index (Phi) is 4.84. The number of piperazine rings is 1. The number of fused-ring (bicyclic) bond motifs is 1. The van der Waals surface area contributed by atoms with Crippen LogP contribution >= 0.6 is 11.3 Å². The zero-order valence-corrected chi connectivity index (χ0v) is 18.3. The third-order valence-corrected chi connectivity index (χ3v) is 7.99. The van der Waals surface area contributed by atoms with Gasteiger partial charge in [0.25, 0.3) is 5.91 Å². The first-order valence-corrected chi connectivity index (χ1v) is 11.9. The molecule has 1 amide bonds. The molecule has 1 aliphatic rings. The number of hydrogen-bond donors (Lipinski definition) is 0. The monoisotopic (exact) mass is 457 g/mol. The molecule has 5 rings (SSSR count). The summed E-state index contributed by atoms with van der Waals surface area (Å²) in [6, 6.07) is 5.81. The van der Waals surface area contributed by atoms with Crippen LogP contribution < -0.4 is 0 Å². The molecule has 0 aliphatic carbocycles. The molecule has 1 fully saturated rings. The van der Waals surface area contributed by atoms with Crippen LogP contribution in [0.15, 0.2) is 53.3 Å². The Bertz CT molecular complexity index is 1350. The molecule has 0 bridgehead atoms. The maximum absolute atomic E-state index is 13.2. The fraction of sp³-hybridized carbons (Fsp3) is 0.263. The van der Waals surface area contributed by atoms with Gasteiger partial charge >= 0.3 is 0 Å². The Morgan fingerprint density at radius 2 is 1.90 bits per heavy atom. The van der Waals surface area contributed by atoms with E-state index in [2.05, 4.69) is 15.2 Å². The van der Waals surface area contributed by atoms with Crippen molar-refractivity contribution in [3.63, 3.8) is 0 Å². The van der Waals surface area contributed by atoms with Gasteiger partial charge in [0.05, 0.1) is 23.0 Å². The molecule has 0 radical (unpaired) electrons. The van der Waals surface area contributed by atoms with E-state index in [0.29, 0.717) is 24.3 Å². The minimum absolute atomic E-state index is 0.155. The van der Waals surface area contributed by atoms with Crippen LogP contribution in [0.4, 0.5) is 0 Å². The SMILES string of the molecule is Cn1cc(S(=O)(=O)N2CCN(C(=O)c3cnn4c(-c5cccs5)ccnc34)CC2)cn1. The smallest absolute Gasteiger partial charge is 0.259 e. The minimum Gasteiger partial charge on any atom is -0.336 e. The van der Waals surface area contributed by atoms with Crippen molar-refractivity contribution >= 4 is 32.9 Å². The van der Waals surface area contributed by atoms with Crippen molar-refractivity contribution in [1.82, 2.24) is 33.6 Å². The predicted octanol–water partition coefficient (Wildman–Crippen LogP) is 1.34. The summed E-state index contributed by atoms with van der Waals surface area (Å²) < 4.78 is 30.1. The van der Waals surface area contributed by atoms with Gasteiger partial charge in [0.15, 0.2) is 5.65 Å². The lowest BCUT2D eigenvalue weighted by Crippen LogP contribution is -2.50. The van der Waals surface area contributed by atoms with E-state index in [1.54, 1.807) is 34.0 Å². The molecule has 0 spiro atoms. The van der Waals surface area contributed by atoms with E-state index in [-0.39, 0.29) is 23.9 Å². The van der Waals surface area contributed by atoms with Crippen molar-refractivity contribution in [3.8, 4) is 10.6 Å². The molecule has 31 heavy (non-hydrogen) atoms. The summed E-state index contributed by atoms with van der Waals surface area (Å²) >= 11 is 1.59. The molecular weight excluding hydrogens is 438 g/mol. The number of amides is 1. The highest BCUT2D eigenvalue weighted by Gasteiger charge is 2.32. The summed E-state index contributed by atoms with van der Waals surface area (Å²) in [4.78, 5) is 20.4. The van der Waals surface area contributed by atoms with Crippen LogP contribution in [0.25, 0.3) is 16.2 Å². The van der Waals surface area contributed by atoms with Gasteiger partial charge in [0, 0.05) is 45.6 Å². The second-order valence-electron chi connectivity index (χ2n) is 7.15. The normalized spacial score (nSPS) is 15.6. The third kappa shape index (κ3) is 3.42. The highest BCUT2D eigenvalue weighted by molar-refractivity contribution is 7.89. The molecule has 4 aromatic rings. The number of thiophene rings is 1. The number of carbonyl (C=O) groups excluding carboxylic acids is 1. The summed E-state index contributed by atoms with van der Waals surface area (Å²) in [5.41, 5.74) is 1.76. The highest BCUT2D eigenvalue weighted by Crippen LogP contribution is 2.26. The third-order valence-electron chi connectivity index (χ3n) is 5.25. The molecule has 1 aliphatic heterocycles. The summed E-state index contributed by atoms with van der Waals surface area (Å²) in [5.74, 6) is -0.204. The van der Waals surface area contributed by atoms with Gasteiger partial charge in [-0.2, -0.15) is 14.5 Å². The molecule has 0 saturated carbocycles. The predicted molar refractivity (Wildman–Crippen MR) is 114 cm³/mol. The molecule has 0 unspecified atom stereocenters. The quantitative estimate of drug-likeness (QED) is 0.458. The van der Waals surface area contributed by atoms with Crippen LogP contribution in [0.5, 0.6) is 0 Å². The maximum Gasteiger partial charge on any atom is 0.259 e. The van der Waals surface area contributed by atoms with Gasteiger partial charge in [0.2, 0.25) is 10.0 Å². The van der Waals surface area contributed by atoms with Crippen LogP contribution in [0.1, 0.15) is 10.4 Å². The van der Waals surface area contributed by atoms with Gasteiger partial charge in [-0.1, -0.05) is 6.07 Å². The number of sulfonamides is 1. The van der Waals surface area contributed by atoms with E-state index >= 15 is 0 Å². The lowest BCUT2D eigenvalue weighted by atomic mass is 10.2. The van der Waals surface area contributed by atoms with Gasteiger partial charge in [0.1, 0.15) is 10.5 Å². The molecule has 10 nitrogen and oxygen atoms in total. The number of hydrogen-bond acceptors (Lipinski definition) is 7. The van der Waals surface area contributed by atoms with Crippen molar-refractivity contribution in [2.75, 3.05) is 26.2 Å². The Labute approximate surface area is 182 Å². The van der Waals surface area contributed by atoms with E-state index in [0.717, 1.165) is 10.6 Å². The van der Waals surface area contributed by atoms with Crippen LogP contribution in [0, 0.1) is 0 Å². The summed E-state index contributed by atoms with van der Waals surface area (Å²) in [6.07, 6.45) is 6.01. The Morgan fingerprint density at radius 1 is 1.10 bits per heavy atom. The van der Waals surface area contributed by atoms with Gasteiger partial charge in [-0.3, -0.25) is 9.48 Å². The minimum atomic E-state index is -3.63. The number of nitrogens with zero attached hydrogens (tertiary/aromatic N) is 7. The largest absolute Gasteiger partial charge is 0.336 e. The van der Waals surface area contributed by atoms with Gasteiger partial charge in [-0.15, -0.1) is 11.3 Å². The van der Waals surface area contributed by atoms with E-state index < -0.39 is 10.0 Å². The summed E-state index contributed by atoms with van der Waals surface area (Å²) in [5, 5.41) is 10.3. The Morgan fingerprint density at radius 3 is 2.58 bits per heavy atom. The average Bonchev–Trinajstić information content (AvgIpc) is 3.53. The van der Waals surface area contributed by atoms with E-state index in [1.165, 1.54) is 27.6 Å². The second kappa shape index (κ2) is 7.55. The van der Waals surface area contributed by atoms with E-state index in [4.69, 9.17) is 0 Å². The van der Waals surface area contributed by atoms with Crippen molar-refractivity contribution in [2.24, 2.45) is 7.05 Å². The van der Waals surface area contributed by atoms with E-state index in [1.807, 2.05) is 23.6 Å². The van der Waals surface area contributed by atoms with Gasteiger partial charge in [-0.05, 0) is 17.5 Å². The van der Waals surface area contributed by atoms with Gasteiger partial charge < -0.3 is 4.90 Å². The lowest BCUT2D eigenvalue weighted by Gasteiger charge is -2.33. The maximum atomic E-state index is 13.2. The number of aryl methyl sites for hydroxylation is 1. The van der Waals surface area contributed by atoms with Gasteiger partial charge in [-0.25, -0.2) is 17.9 Å². The Hall–Kier alpha value is -3.09. The zero-order chi connectivity index (χ0) is 21.6. The molecule has 160 valence electrons. The molecule has 0 N–H and O–H groups in total. The fourth-order valence-corrected chi connectivity index (χ4v) is 5.78. The molecule has 0 atom stereocenters. The molecule has 4 aromatic heterocycles. The molecule has 1 saturated heterocycles. The summed E-state index contributed by atoms with van der Waals surface area (Å²) in [7, 11) is -1.95. The number of rotatable bonds is 4. The van der Waals surface area contributed by atoms with Crippen LogP contribution in [0.2, 0.25) is 0 Å². The van der Waals surface area contributed by atoms with Crippen molar-refractivity contribution < 1.29 is 13.2 Å².